The molecule has 1 aromatic carbocycles. The van der Waals surface area contributed by atoms with Gasteiger partial charge in [-0.1, -0.05) is 30.3 Å². The lowest BCUT2D eigenvalue weighted by molar-refractivity contribution is 0.0695. The molecule has 5 heteroatoms. The minimum absolute atomic E-state index is 0.103. The van der Waals surface area contributed by atoms with E-state index < -0.39 is 5.97 Å². The van der Waals surface area contributed by atoms with Crippen molar-refractivity contribution >= 4 is 11.5 Å². The van der Waals surface area contributed by atoms with Crippen molar-refractivity contribution in [2.45, 2.75) is 6.61 Å². The minimum Gasteiger partial charge on any atom is -0.494 e. The van der Waals surface area contributed by atoms with Crippen LogP contribution in [0, 0.1) is 0 Å². The molecule has 0 aliphatic heterocycles. The van der Waals surface area contributed by atoms with Gasteiger partial charge in [0.15, 0.2) is 5.75 Å². The molecule has 0 amide bonds. The monoisotopic (exact) mass is 297 g/mol. The molecule has 1 N–H and O–H groups in total. The standard InChI is InChI=1S/C17H15NO4/c1-21-14-10-18-9-5-8-13(16(18)15(14)17(19)20)22-11-12-6-3-2-4-7-12/h2-10H,11H2,1H3,(H,19,20). The van der Waals surface area contributed by atoms with Gasteiger partial charge in [0, 0.05) is 6.20 Å². The van der Waals surface area contributed by atoms with Gasteiger partial charge in [-0.25, -0.2) is 4.79 Å². The summed E-state index contributed by atoms with van der Waals surface area (Å²) in [6, 6.07) is 13.3. The fourth-order valence-electron chi connectivity index (χ4n) is 2.38. The zero-order valence-electron chi connectivity index (χ0n) is 12.0. The zero-order chi connectivity index (χ0) is 15.5. The molecule has 2 aromatic heterocycles. The van der Waals surface area contributed by atoms with Crippen LogP contribution in [0.3, 0.4) is 0 Å². The van der Waals surface area contributed by atoms with Crippen LogP contribution in [0.4, 0.5) is 0 Å². The molecule has 3 aromatic rings. The lowest BCUT2D eigenvalue weighted by atomic mass is 10.2. The Kier molecular flexibility index (Phi) is 3.70. The van der Waals surface area contributed by atoms with Crippen molar-refractivity contribution < 1.29 is 19.4 Å². The van der Waals surface area contributed by atoms with Crippen molar-refractivity contribution in [2.24, 2.45) is 0 Å². The van der Waals surface area contributed by atoms with Crippen molar-refractivity contribution in [3.8, 4) is 11.5 Å². The maximum absolute atomic E-state index is 11.5. The van der Waals surface area contributed by atoms with Crippen molar-refractivity contribution in [2.75, 3.05) is 7.11 Å². The molecule has 0 spiro atoms. The Bertz CT molecular complexity index is 808. The topological polar surface area (TPSA) is 60.2 Å². The summed E-state index contributed by atoms with van der Waals surface area (Å²) in [5.74, 6) is -0.231. The van der Waals surface area contributed by atoms with E-state index in [2.05, 4.69) is 0 Å². The molecule has 0 fully saturated rings. The van der Waals surface area contributed by atoms with Gasteiger partial charge in [0.2, 0.25) is 0 Å². The summed E-state index contributed by atoms with van der Waals surface area (Å²) in [5, 5.41) is 9.44. The molecule has 0 saturated heterocycles. The number of carbonyl (C=O) groups is 1. The normalized spacial score (nSPS) is 10.6. The highest BCUT2D eigenvalue weighted by molar-refractivity contribution is 6.01. The summed E-state index contributed by atoms with van der Waals surface area (Å²) >= 11 is 0. The van der Waals surface area contributed by atoms with Gasteiger partial charge in [-0.05, 0) is 17.7 Å². The predicted octanol–water partition coefficient (Wildman–Crippen LogP) is 3.23. The van der Waals surface area contributed by atoms with Crippen LogP contribution in [0.2, 0.25) is 0 Å². The van der Waals surface area contributed by atoms with Gasteiger partial charge >= 0.3 is 5.97 Å². The van der Waals surface area contributed by atoms with E-state index in [4.69, 9.17) is 9.47 Å². The molecule has 0 radical (unpaired) electrons. The number of methoxy groups -OCH3 is 1. The fourth-order valence-corrected chi connectivity index (χ4v) is 2.38. The number of benzene rings is 1. The number of aromatic nitrogens is 1. The van der Waals surface area contributed by atoms with Gasteiger partial charge in [-0.15, -0.1) is 0 Å². The van der Waals surface area contributed by atoms with Gasteiger partial charge in [-0.2, -0.15) is 0 Å². The van der Waals surface area contributed by atoms with Crippen LogP contribution >= 0.6 is 0 Å². The maximum Gasteiger partial charge on any atom is 0.341 e. The summed E-state index contributed by atoms with van der Waals surface area (Å²) in [4.78, 5) is 11.5. The Hall–Kier alpha value is -2.95. The Morgan fingerprint density at radius 3 is 2.59 bits per heavy atom. The van der Waals surface area contributed by atoms with Crippen LogP contribution in [0.25, 0.3) is 5.52 Å². The number of carboxylic acids is 1. The molecule has 0 aliphatic rings. The SMILES string of the molecule is COc1cn2cccc(OCc3ccccc3)c2c1C(=O)O. The summed E-state index contributed by atoms with van der Waals surface area (Å²) in [5.41, 5.74) is 1.61. The summed E-state index contributed by atoms with van der Waals surface area (Å²) in [6.07, 6.45) is 3.40. The molecule has 5 nitrogen and oxygen atoms in total. The first kappa shape index (κ1) is 14.0. The van der Waals surface area contributed by atoms with E-state index in [1.165, 1.54) is 7.11 Å². The highest BCUT2D eigenvalue weighted by Crippen LogP contribution is 2.32. The highest BCUT2D eigenvalue weighted by Gasteiger charge is 2.21. The Labute approximate surface area is 127 Å². The van der Waals surface area contributed by atoms with Crippen molar-refractivity contribution in [3.05, 3.63) is 66.0 Å². The summed E-state index contributed by atoms with van der Waals surface area (Å²) < 4.78 is 12.7. The Morgan fingerprint density at radius 2 is 1.91 bits per heavy atom. The van der Waals surface area contributed by atoms with Crippen LogP contribution < -0.4 is 9.47 Å². The van der Waals surface area contributed by atoms with Crippen LogP contribution in [0.5, 0.6) is 11.5 Å². The van der Waals surface area contributed by atoms with Crippen LogP contribution in [-0.2, 0) is 6.61 Å². The highest BCUT2D eigenvalue weighted by atomic mass is 16.5. The van der Waals surface area contributed by atoms with Crippen molar-refractivity contribution in [1.82, 2.24) is 4.40 Å². The van der Waals surface area contributed by atoms with Crippen molar-refractivity contribution in [1.29, 1.82) is 0 Å². The molecule has 0 atom stereocenters. The molecule has 0 aliphatic carbocycles. The number of aromatic carboxylic acids is 1. The Morgan fingerprint density at radius 1 is 1.14 bits per heavy atom. The molecule has 2 heterocycles. The third kappa shape index (κ3) is 2.48. The molecule has 0 bridgehead atoms. The van der Waals surface area contributed by atoms with Crippen LogP contribution in [0.1, 0.15) is 15.9 Å². The number of nitrogens with zero attached hydrogens (tertiary/aromatic N) is 1. The third-order valence-electron chi connectivity index (χ3n) is 3.40. The van der Waals surface area contributed by atoms with E-state index in [1.54, 1.807) is 28.9 Å². The Balaban J connectivity index is 2.02. The average molecular weight is 297 g/mol. The van der Waals surface area contributed by atoms with Gasteiger partial charge in [0.25, 0.3) is 0 Å². The predicted molar refractivity (Wildman–Crippen MR) is 81.7 cm³/mol. The van der Waals surface area contributed by atoms with E-state index in [9.17, 15) is 9.90 Å². The number of rotatable bonds is 5. The number of hydrogen-bond donors (Lipinski definition) is 1. The van der Waals surface area contributed by atoms with Gasteiger partial charge in [-0.3, -0.25) is 0 Å². The number of pyridine rings is 1. The largest absolute Gasteiger partial charge is 0.494 e. The van der Waals surface area contributed by atoms with Crippen molar-refractivity contribution in [3.63, 3.8) is 0 Å². The summed E-state index contributed by atoms with van der Waals surface area (Å²) in [7, 11) is 1.45. The number of ether oxygens (including phenoxy) is 2. The molecule has 0 saturated carbocycles. The molecule has 0 unspecified atom stereocenters. The quantitative estimate of drug-likeness (QED) is 0.785. The van der Waals surface area contributed by atoms with Gasteiger partial charge < -0.3 is 19.0 Å². The fraction of sp³-hybridized carbons (Fsp3) is 0.118. The number of hydrogen-bond acceptors (Lipinski definition) is 3. The van der Waals surface area contributed by atoms with E-state index >= 15 is 0 Å². The lowest BCUT2D eigenvalue weighted by Gasteiger charge is -2.09. The number of carboxylic acid groups (broad SMARTS) is 1. The van der Waals surface area contributed by atoms with Crippen LogP contribution in [-0.4, -0.2) is 22.6 Å². The minimum atomic E-state index is -1.05. The van der Waals surface area contributed by atoms with E-state index in [0.29, 0.717) is 23.6 Å². The number of fused-ring (bicyclic) bond motifs is 1. The second-order valence-corrected chi connectivity index (χ2v) is 4.78. The maximum atomic E-state index is 11.5. The molecule has 3 rings (SSSR count). The second-order valence-electron chi connectivity index (χ2n) is 4.78. The second kappa shape index (κ2) is 5.81. The third-order valence-corrected chi connectivity index (χ3v) is 3.40. The first-order valence-electron chi connectivity index (χ1n) is 6.78. The summed E-state index contributed by atoms with van der Waals surface area (Å²) in [6.45, 7) is 0.368. The van der Waals surface area contributed by atoms with Gasteiger partial charge in [0.05, 0.1) is 13.3 Å². The molecule has 112 valence electrons. The van der Waals surface area contributed by atoms with E-state index in [1.807, 2.05) is 30.3 Å². The first-order valence-corrected chi connectivity index (χ1v) is 6.78. The smallest absolute Gasteiger partial charge is 0.341 e. The van der Waals surface area contributed by atoms with Crippen LogP contribution in [0.15, 0.2) is 54.9 Å². The molecule has 22 heavy (non-hydrogen) atoms. The van der Waals surface area contributed by atoms with E-state index in [0.717, 1.165) is 5.56 Å². The van der Waals surface area contributed by atoms with E-state index in [-0.39, 0.29) is 5.56 Å². The first-order chi connectivity index (χ1) is 10.7. The molecular formula is C17H15NO4. The average Bonchev–Trinajstić information content (AvgIpc) is 2.93. The lowest BCUT2D eigenvalue weighted by Crippen LogP contribution is -2.01. The molecular weight excluding hydrogens is 282 g/mol. The zero-order valence-corrected chi connectivity index (χ0v) is 12.0. The van der Waals surface area contributed by atoms with Gasteiger partial charge in [0.1, 0.15) is 23.4 Å².